The minimum Gasteiger partial charge on any atom is -0.380 e. The van der Waals surface area contributed by atoms with Crippen LogP contribution < -0.4 is 5.32 Å². The minimum atomic E-state index is -4.52. The Bertz CT molecular complexity index is 658. The molecule has 7 heteroatoms. The summed E-state index contributed by atoms with van der Waals surface area (Å²) in [5.74, 6) is -0.471. The molecule has 2 rings (SSSR count). The van der Waals surface area contributed by atoms with Crippen LogP contribution in [-0.4, -0.2) is 0 Å². The highest BCUT2D eigenvalue weighted by Crippen LogP contribution is 2.36. The van der Waals surface area contributed by atoms with Gasteiger partial charge >= 0.3 is 6.18 Å². The van der Waals surface area contributed by atoms with Gasteiger partial charge in [-0.1, -0.05) is 17.7 Å². The molecule has 21 heavy (non-hydrogen) atoms. The minimum absolute atomic E-state index is 0.00237. The second-order valence-corrected chi connectivity index (χ2v) is 5.58. The maximum Gasteiger partial charge on any atom is 0.418 e. The summed E-state index contributed by atoms with van der Waals surface area (Å²) in [5, 5.41) is 2.65. The Morgan fingerprint density at radius 2 is 1.81 bits per heavy atom. The van der Waals surface area contributed by atoms with E-state index >= 15 is 0 Å². The third-order valence-corrected chi connectivity index (χ3v) is 3.63. The van der Waals surface area contributed by atoms with Gasteiger partial charge in [0.1, 0.15) is 5.82 Å². The molecular weight excluding hydrogens is 374 g/mol. The lowest BCUT2D eigenvalue weighted by molar-refractivity contribution is -0.136. The highest BCUT2D eigenvalue weighted by Gasteiger charge is 2.33. The van der Waals surface area contributed by atoms with Crippen LogP contribution in [0.1, 0.15) is 11.1 Å². The lowest BCUT2D eigenvalue weighted by Crippen LogP contribution is -2.11. The number of rotatable bonds is 3. The van der Waals surface area contributed by atoms with Crippen molar-refractivity contribution in [1.29, 1.82) is 0 Å². The largest absolute Gasteiger partial charge is 0.418 e. The Hall–Kier alpha value is -1.27. The first-order chi connectivity index (χ1) is 9.77. The number of hydrogen-bond donors (Lipinski definition) is 1. The van der Waals surface area contributed by atoms with Crippen molar-refractivity contribution in [1.82, 2.24) is 0 Å². The fraction of sp³-hybridized carbons (Fsp3) is 0.143. The molecule has 0 saturated heterocycles. The topological polar surface area (TPSA) is 12.0 Å². The molecule has 0 aromatic heterocycles. The quantitative estimate of drug-likeness (QED) is 0.654. The van der Waals surface area contributed by atoms with Gasteiger partial charge in [0.25, 0.3) is 0 Å². The molecule has 0 fully saturated rings. The predicted molar refractivity (Wildman–Crippen MR) is 77.9 cm³/mol. The number of nitrogens with one attached hydrogen (secondary N) is 1. The first-order valence-electron chi connectivity index (χ1n) is 5.82. The van der Waals surface area contributed by atoms with Crippen molar-refractivity contribution in [3.8, 4) is 0 Å². The van der Waals surface area contributed by atoms with E-state index in [1.54, 1.807) is 6.07 Å². The number of halogens is 6. The molecule has 0 aliphatic rings. The first-order valence-corrected chi connectivity index (χ1v) is 6.99. The van der Waals surface area contributed by atoms with Crippen molar-refractivity contribution in [2.45, 2.75) is 12.7 Å². The Kier molecular flexibility index (Phi) is 4.78. The number of benzene rings is 2. The van der Waals surface area contributed by atoms with E-state index in [4.69, 9.17) is 11.6 Å². The Labute approximate surface area is 132 Å². The molecule has 0 amide bonds. The Morgan fingerprint density at radius 1 is 1.10 bits per heavy atom. The van der Waals surface area contributed by atoms with Gasteiger partial charge in [0, 0.05) is 17.3 Å². The van der Waals surface area contributed by atoms with Gasteiger partial charge in [0.2, 0.25) is 0 Å². The van der Waals surface area contributed by atoms with Gasteiger partial charge in [0.15, 0.2) is 0 Å². The van der Waals surface area contributed by atoms with E-state index in [9.17, 15) is 17.6 Å². The van der Waals surface area contributed by atoms with Crippen LogP contribution in [0.4, 0.5) is 23.2 Å². The van der Waals surface area contributed by atoms with Gasteiger partial charge in [-0.3, -0.25) is 0 Å². The standard InChI is InChI=1S/C14H9BrClF4N/c15-11-3-1-8(5-12(11)17)7-21-13-4-2-9(16)6-10(13)14(18,19)20/h1-6,21H,7H2. The van der Waals surface area contributed by atoms with Crippen LogP contribution in [0.3, 0.4) is 0 Å². The van der Waals surface area contributed by atoms with E-state index in [2.05, 4.69) is 21.2 Å². The van der Waals surface area contributed by atoms with Crippen LogP contribution in [0.2, 0.25) is 5.02 Å². The average Bonchev–Trinajstić information content (AvgIpc) is 2.40. The number of hydrogen-bond acceptors (Lipinski definition) is 1. The predicted octanol–water partition coefficient (Wildman–Crippen LogP) is 5.87. The maximum absolute atomic E-state index is 13.4. The molecule has 0 atom stereocenters. The van der Waals surface area contributed by atoms with Gasteiger partial charge in [-0.15, -0.1) is 0 Å². The molecule has 0 saturated carbocycles. The van der Waals surface area contributed by atoms with Crippen molar-refractivity contribution in [2.24, 2.45) is 0 Å². The third kappa shape index (κ3) is 4.11. The average molecular weight is 383 g/mol. The van der Waals surface area contributed by atoms with Crippen LogP contribution in [0, 0.1) is 5.82 Å². The zero-order chi connectivity index (χ0) is 15.6. The van der Waals surface area contributed by atoms with E-state index in [-0.39, 0.29) is 17.3 Å². The monoisotopic (exact) mass is 381 g/mol. The van der Waals surface area contributed by atoms with E-state index in [1.807, 2.05) is 0 Å². The van der Waals surface area contributed by atoms with E-state index in [0.29, 0.717) is 10.0 Å². The van der Waals surface area contributed by atoms with Crippen molar-refractivity contribution < 1.29 is 17.6 Å². The van der Waals surface area contributed by atoms with Crippen LogP contribution in [0.15, 0.2) is 40.9 Å². The first kappa shape index (κ1) is 16.1. The molecule has 0 spiro atoms. The van der Waals surface area contributed by atoms with E-state index in [1.165, 1.54) is 24.3 Å². The van der Waals surface area contributed by atoms with Gasteiger partial charge in [-0.25, -0.2) is 4.39 Å². The molecular formula is C14H9BrClF4N. The molecule has 0 bridgehead atoms. The summed E-state index contributed by atoms with van der Waals surface area (Å²) in [6.07, 6.45) is -4.52. The molecule has 0 heterocycles. The van der Waals surface area contributed by atoms with Crippen molar-refractivity contribution in [3.63, 3.8) is 0 Å². The number of alkyl halides is 3. The molecule has 2 aromatic carbocycles. The van der Waals surface area contributed by atoms with Gasteiger partial charge in [-0.05, 0) is 51.8 Å². The van der Waals surface area contributed by atoms with E-state index < -0.39 is 17.6 Å². The smallest absolute Gasteiger partial charge is 0.380 e. The summed E-state index contributed by atoms with van der Waals surface area (Å²) >= 11 is 8.61. The van der Waals surface area contributed by atoms with Gasteiger partial charge in [-0.2, -0.15) is 13.2 Å². The summed E-state index contributed by atoms with van der Waals surface area (Å²) in [7, 11) is 0. The van der Waals surface area contributed by atoms with Crippen molar-refractivity contribution >= 4 is 33.2 Å². The van der Waals surface area contributed by atoms with Crippen molar-refractivity contribution in [2.75, 3.05) is 5.32 Å². The maximum atomic E-state index is 13.4. The summed E-state index contributed by atoms with van der Waals surface area (Å²) < 4.78 is 52.4. The summed E-state index contributed by atoms with van der Waals surface area (Å²) in [5.41, 5.74) is -0.429. The second-order valence-electron chi connectivity index (χ2n) is 4.29. The summed E-state index contributed by atoms with van der Waals surface area (Å²) in [6.45, 7) is 0.0644. The van der Waals surface area contributed by atoms with E-state index in [0.717, 1.165) is 6.07 Å². The fourth-order valence-electron chi connectivity index (χ4n) is 1.75. The van der Waals surface area contributed by atoms with Crippen LogP contribution in [0.25, 0.3) is 0 Å². The highest BCUT2D eigenvalue weighted by molar-refractivity contribution is 9.10. The van der Waals surface area contributed by atoms with Gasteiger partial charge < -0.3 is 5.32 Å². The molecule has 0 unspecified atom stereocenters. The number of anilines is 1. The summed E-state index contributed by atoms with van der Waals surface area (Å²) in [4.78, 5) is 0. The zero-order valence-electron chi connectivity index (χ0n) is 10.4. The lowest BCUT2D eigenvalue weighted by atomic mass is 10.1. The fourth-order valence-corrected chi connectivity index (χ4v) is 2.17. The SMILES string of the molecule is Fc1cc(CNc2ccc(Cl)cc2C(F)(F)F)ccc1Br. The third-order valence-electron chi connectivity index (χ3n) is 2.75. The van der Waals surface area contributed by atoms with Crippen molar-refractivity contribution in [3.05, 3.63) is 62.8 Å². The molecule has 0 radical (unpaired) electrons. The zero-order valence-corrected chi connectivity index (χ0v) is 12.8. The molecule has 0 aliphatic heterocycles. The molecule has 112 valence electrons. The van der Waals surface area contributed by atoms with Crippen LogP contribution >= 0.6 is 27.5 Å². The second kappa shape index (κ2) is 6.23. The summed E-state index contributed by atoms with van der Waals surface area (Å²) in [6, 6.07) is 7.83. The van der Waals surface area contributed by atoms with Gasteiger partial charge in [0.05, 0.1) is 10.0 Å². The highest BCUT2D eigenvalue weighted by atomic mass is 79.9. The molecule has 1 nitrogen and oxygen atoms in total. The Morgan fingerprint density at radius 3 is 2.43 bits per heavy atom. The molecule has 2 aromatic rings. The lowest BCUT2D eigenvalue weighted by Gasteiger charge is -2.15. The van der Waals surface area contributed by atoms with Crippen LogP contribution in [0.5, 0.6) is 0 Å². The van der Waals surface area contributed by atoms with Crippen LogP contribution in [-0.2, 0) is 12.7 Å². The molecule has 0 aliphatic carbocycles. The normalized spacial score (nSPS) is 11.5. The Balaban J connectivity index is 2.22. The molecule has 1 N–H and O–H groups in total.